The van der Waals surface area contributed by atoms with Crippen molar-refractivity contribution in [3.63, 3.8) is 0 Å². The number of hydrogen-bond donors (Lipinski definition) is 0. The Labute approximate surface area is 297 Å². The lowest BCUT2D eigenvalue weighted by Gasteiger charge is -2.43. The van der Waals surface area contributed by atoms with Crippen LogP contribution in [0.4, 0.5) is 0 Å². The maximum Gasteiger partial charge on any atom is 0.296 e. The zero-order chi connectivity index (χ0) is 35.0. The van der Waals surface area contributed by atoms with Crippen LogP contribution in [0.25, 0.3) is 32.9 Å². The van der Waals surface area contributed by atoms with Gasteiger partial charge < -0.3 is 18.9 Å². The Morgan fingerprint density at radius 2 is 1.69 bits per heavy atom. The molecule has 3 aliphatic carbocycles. The summed E-state index contributed by atoms with van der Waals surface area (Å²) in [7, 11) is -1.64. The maximum atomic E-state index is 13.5. The molecule has 4 heterocycles. The lowest BCUT2D eigenvalue weighted by atomic mass is 9.73. The number of pyridine rings is 2. The third-order valence-electron chi connectivity index (χ3n) is 12.1. The van der Waals surface area contributed by atoms with E-state index in [-0.39, 0.29) is 33.9 Å². The average Bonchev–Trinajstić information content (AvgIpc) is 3.82. The largest absolute Gasteiger partial charge is 0.471 e. The zero-order valence-corrected chi connectivity index (χ0v) is 29.8. The number of ether oxygens (including phenoxy) is 2. The van der Waals surface area contributed by atoms with Gasteiger partial charge >= 0.3 is 0 Å². The van der Waals surface area contributed by atoms with E-state index in [0.717, 1.165) is 65.2 Å². The molecule has 1 amide bonds. The Hall–Kier alpha value is -4.32. The molecule has 3 atom stereocenters. The molecule has 10 nitrogen and oxygen atoms in total. The molecule has 51 heavy (non-hydrogen) atoms. The molecule has 9 rings (SSSR count). The van der Waals surface area contributed by atoms with Crippen LogP contribution in [-0.4, -0.2) is 72.8 Å². The third kappa shape index (κ3) is 5.26. The van der Waals surface area contributed by atoms with Crippen LogP contribution in [-0.2, 0) is 30.9 Å². The first-order valence-electron chi connectivity index (χ1n) is 17.9. The fourth-order valence-electron chi connectivity index (χ4n) is 9.16. The van der Waals surface area contributed by atoms with Crippen LogP contribution in [0.15, 0.2) is 84.1 Å². The Balaban J connectivity index is 0.692. The number of rotatable bonds is 14. The van der Waals surface area contributed by atoms with Crippen molar-refractivity contribution < 1.29 is 26.9 Å². The summed E-state index contributed by atoms with van der Waals surface area (Å²) in [5.41, 5.74) is 5.59. The van der Waals surface area contributed by atoms with Crippen LogP contribution < -0.4 is 4.74 Å². The van der Waals surface area contributed by atoms with Gasteiger partial charge in [-0.2, -0.15) is 8.42 Å². The quantitative estimate of drug-likeness (QED) is 0.0957. The van der Waals surface area contributed by atoms with Gasteiger partial charge in [0, 0.05) is 65.6 Å². The number of amides is 1. The van der Waals surface area contributed by atoms with Crippen LogP contribution in [0.3, 0.4) is 0 Å². The lowest BCUT2D eigenvalue weighted by molar-refractivity contribution is -0.152. The number of likely N-dealkylation sites (tertiary alicyclic amines) is 1. The minimum absolute atomic E-state index is 0.0420. The smallest absolute Gasteiger partial charge is 0.296 e. The van der Waals surface area contributed by atoms with Gasteiger partial charge in [-0.15, -0.1) is 0 Å². The molecule has 1 saturated heterocycles. The van der Waals surface area contributed by atoms with Gasteiger partial charge in [0.2, 0.25) is 11.8 Å². The number of fused-ring (bicyclic) bond motifs is 3. The summed E-state index contributed by atoms with van der Waals surface area (Å²) in [4.78, 5) is 24.6. The topological polar surface area (TPSA) is 113 Å². The van der Waals surface area contributed by atoms with Gasteiger partial charge in [0.1, 0.15) is 6.10 Å². The van der Waals surface area contributed by atoms with Gasteiger partial charge in [-0.25, -0.2) is 4.98 Å². The van der Waals surface area contributed by atoms with Gasteiger partial charge in [0.25, 0.3) is 10.1 Å². The predicted octanol–water partition coefficient (Wildman–Crippen LogP) is 6.45. The molecule has 264 valence electrons. The summed E-state index contributed by atoms with van der Waals surface area (Å²) in [5.74, 6) is 0.870. The second-order valence-corrected chi connectivity index (χ2v) is 16.8. The van der Waals surface area contributed by atoms with Gasteiger partial charge in [-0.05, 0) is 86.8 Å². The summed E-state index contributed by atoms with van der Waals surface area (Å²) in [6.45, 7) is 4.64. The third-order valence-corrected chi connectivity index (χ3v) is 13.5. The van der Waals surface area contributed by atoms with Crippen molar-refractivity contribution >= 4 is 37.8 Å². The molecule has 1 spiro atoms. The van der Waals surface area contributed by atoms with E-state index in [1.165, 1.54) is 5.39 Å². The van der Waals surface area contributed by atoms with Crippen LogP contribution in [0.1, 0.15) is 44.1 Å². The van der Waals surface area contributed by atoms with E-state index >= 15 is 0 Å². The maximum absolute atomic E-state index is 13.5. The standard InChI is InChI=1S/C40H42N4O6S/c1-27-6-10-31(11-7-27)51(46,47)49-17-5-3-4-16-48-26-38-23-39(25-40(38,39)24-38)37(45)44-21-30(22-44)50-36-13-9-29(19-42-36)28-8-12-32-33-20-41-15-14-34(33)43(2)35(32)18-28/h6-15,18-20,30H,3-5,16-17,21-26H2,1-2H3. The van der Waals surface area contributed by atoms with E-state index in [1.54, 1.807) is 24.3 Å². The Kier molecular flexibility index (Phi) is 7.58. The number of hydrogen-bond acceptors (Lipinski definition) is 8. The summed E-state index contributed by atoms with van der Waals surface area (Å²) in [6.07, 6.45) is 10.9. The normalized spacial score (nSPS) is 24.9. The van der Waals surface area contributed by atoms with E-state index in [4.69, 9.17) is 13.7 Å². The number of benzene rings is 2. The van der Waals surface area contributed by atoms with Gasteiger partial charge in [0.15, 0.2) is 0 Å². The number of aryl methyl sites for hydroxylation is 2. The van der Waals surface area contributed by atoms with E-state index in [1.807, 2.05) is 48.6 Å². The highest BCUT2D eigenvalue weighted by molar-refractivity contribution is 7.86. The van der Waals surface area contributed by atoms with Crippen molar-refractivity contribution in [2.24, 2.45) is 23.3 Å². The molecule has 3 unspecified atom stereocenters. The lowest BCUT2D eigenvalue weighted by Crippen LogP contribution is -2.59. The van der Waals surface area contributed by atoms with Crippen LogP contribution in [0.5, 0.6) is 5.88 Å². The molecule has 1 aliphatic heterocycles. The van der Waals surface area contributed by atoms with Crippen LogP contribution in [0, 0.1) is 23.2 Å². The second kappa shape index (κ2) is 11.9. The summed E-state index contributed by atoms with van der Waals surface area (Å²) < 4.78 is 44.3. The number of unbranched alkanes of at least 4 members (excludes halogenated alkanes) is 2. The molecule has 0 radical (unpaired) electrons. The van der Waals surface area contributed by atoms with Crippen molar-refractivity contribution in [3.8, 4) is 17.0 Å². The van der Waals surface area contributed by atoms with E-state index in [2.05, 4.69) is 39.8 Å². The highest BCUT2D eigenvalue weighted by Gasteiger charge is 2.98. The van der Waals surface area contributed by atoms with E-state index in [9.17, 15) is 13.2 Å². The predicted molar refractivity (Wildman–Crippen MR) is 193 cm³/mol. The summed E-state index contributed by atoms with van der Waals surface area (Å²) in [6, 6.07) is 19.1. The number of carbonyl (C=O) groups excluding carboxylic acids is 1. The van der Waals surface area contributed by atoms with Crippen LogP contribution in [0.2, 0.25) is 0 Å². The molecule has 3 saturated carbocycles. The number of aromatic nitrogens is 3. The van der Waals surface area contributed by atoms with Crippen molar-refractivity contribution in [2.45, 2.75) is 56.4 Å². The monoisotopic (exact) mass is 706 g/mol. The highest BCUT2D eigenvalue weighted by Crippen LogP contribution is 3.00. The van der Waals surface area contributed by atoms with Crippen LogP contribution >= 0.6 is 0 Å². The van der Waals surface area contributed by atoms with Gasteiger partial charge in [-0.3, -0.25) is 14.0 Å². The molecule has 0 N–H and O–H groups in total. The molecule has 4 aliphatic rings. The first-order valence-corrected chi connectivity index (χ1v) is 19.3. The number of carbonyl (C=O) groups is 1. The fourth-order valence-corrected chi connectivity index (χ4v) is 10.1. The van der Waals surface area contributed by atoms with E-state index in [0.29, 0.717) is 44.5 Å². The Bertz CT molecular complexity index is 2270. The first kappa shape index (κ1) is 32.6. The molecule has 11 heteroatoms. The van der Waals surface area contributed by atoms with Crippen molar-refractivity contribution in [3.05, 3.63) is 84.8 Å². The summed E-state index contributed by atoms with van der Waals surface area (Å²) >= 11 is 0. The van der Waals surface area contributed by atoms with Crippen molar-refractivity contribution in [2.75, 3.05) is 32.9 Å². The fraction of sp³-hybridized carbons (Fsp3) is 0.425. The Morgan fingerprint density at radius 1 is 0.882 bits per heavy atom. The van der Waals surface area contributed by atoms with Crippen molar-refractivity contribution in [1.82, 2.24) is 19.4 Å². The molecule has 0 bridgehead atoms. The van der Waals surface area contributed by atoms with E-state index < -0.39 is 10.1 Å². The zero-order valence-electron chi connectivity index (χ0n) is 29.0. The second-order valence-electron chi connectivity index (χ2n) is 15.2. The average molecular weight is 707 g/mol. The molecule has 2 aromatic carbocycles. The van der Waals surface area contributed by atoms with Gasteiger partial charge in [-0.1, -0.05) is 29.8 Å². The molecule has 4 fully saturated rings. The molecule has 5 aromatic rings. The molecular formula is C40H42N4O6S. The highest BCUT2D eigenvalue weighted by atomic mass is 32.2. The number of nitrogens with zero attached hydrogens (tertiary/aromatic N) is 4. The van der Waals surface area contributed by atoms with Gasteiger partial charge in [0.05, 0.1) is 42.1 Å². The Morgan fingerprint density at radius 3 is 2.47 bits per heavy atom. The molecule has 3 aromatic heterocycles. The molecular weight excluding hydrogens is 665 g/mol. The summed E-state index contributed by atoms with van der Waals surface area (Å²) in [5, 5.41) is 2.33. The minimum atomic E-state index is -3.71. The first-order chi connectivity index (χ1) is 24.6. The minimum Gasteiger partial charge on any atom is -0.471 e. The SMILES string of the molecule is Cc1ccc(S(=O)(=O)OCCCCCOCC23CC4(C(=O)N5CC(Oc6ccc(-c7ccc8c9cnccc9n(C)c8c7)cn6)C5)CC24C3)cc1. The van der Waals surface area contributed by atoms with Crippen molar-refractivity contribution in [1.29, 1.82) is 0 Å².